The highest BCUT2D eigenvalue weighted by molar-refractivity contribution is 5.99. The molecule has 2 N–H and O–H groups in total. The van der Waals surface area contributed by atoms with Crippen molar-refractivity contribution in [3.8, 4) is 0 Å². The quantitative estimate of drug-likeness (QED) is 0.802. The van der Waals surface area contributed by atoms with Gasteiger partial charge < -0.3 is 15.5 Å². The molecule has 2 aromatic rings. The number of nitrogens with one attached hydrogen (secondary N) is 2. The van der Waals surface area contributed by atoms with E-state index >= 15 is 0 Å². The molecule has 3 rings (SSSR count). The second kappa shape index (κ2) is 7.86. The van der Waals surface area contributed by atoms with Crippen molar-refractivity contribution >= 4 is 29.1 Å². The number of hydrogen-bond donors (Lipinski definition) is 2. The van der Waals surface area contributed by atoms with Gasteiger partial charge in [-0.2, -0.15) is 0 Å². The van der Waals surface area contributed by atoms with Crippen molar-refractivity contribution < 1.29 is 14.4 Å². The summed E-state index contributed by atoms with van der Waals surface area (Å²) in [5, 5.41) is 5.56. The van der Waals surface area contributed by atoms with Crippen LogP contribution >= 0.6 is 0 Å². The van der Waals surface area contributed by atoms with Gasteiger partial charge in [0.15, 0.2) is 0 Å². The molecule has 0 atom stereocenters. The van der Waals surface area contributed by atoms with E-state index in [1.807, 2.05) is 18.2 Å². The molecule has 6 nitrogen and oxygen atoms in total. The van der Waals surface area contributed by atoms with E-state index in [9.17, 15) is 14.4 Å². The Labute approximate surface area is 157 Å². The second-order valence-electron chi connectivity index (χ2n) is 6.47. The van der Waals surface area contributed by atoms with Gasteiger partial charge in [0.2, 0.25) is 17.7 Å². The van der Waals surface area contributed by atoms with Crippen LogP contribution in [0.2, 0.25) is 0 Å². The molecule has 0 saturated heterocycles. The van der Waals surface area contributed by atoms with Crippen LogP contribution in [0.3, 0.4) is 0 Å². The van der Waals surface area contributed by atoms with Crippen LogP contribution in [0, 0.1) is 0 Å². The van der Waals surface area contributed by atoms with Gasteiger partial charge in [-0.1, -0.05) is 24.8 Å². The zero-order chi connectivity index (χ0) is 19.4. The van der Waals surface area contributed by atoms with Crippen LogP contribution in [0.5, 0.6) is 0 Å². The van der Waals surface area contributed by atoms with Crippen LogP contribution in [-0.2, 0) is 33.9 Å². The van der Waals surface area contributed by atoms with E-state index in [2.05, 4.69) is 17.2 Å². The molecule has 0 unspecified atom stereocenters. The molecule has 27 heavy (non-hydrogen) atoms. The largest absolute Gasteiger partial charge is 0.334 e. The molecule has 0 saturated carbocycles. The number of amides is 3. The van der Waals surface area contributed by atoms with E-state index in [1.54, 1.807) is 36.1 Å². The topological polar surface area (TPSA) is 78.5 Å². The molecule has 6 heteroatoms. The maximum atomic E-state index is 12.3. The van der Waals surface area contributed by atoms with Gasteiger partial charge in [0.25, 0.3) is 0 Å². The lowest BCUT2D eigenvalue weighted by atomic mass is 10.1. The Kier molecular flexibility index (Phi) is 5.35. The first-order valence-corrected chi connectivity index (χ1v) is 8.64. The first-order valence-electron chi connectivity index (χ1n) is 8.64. The molecule has 0 fully saturated rings. The van der Waals surface area contributed by atoms with Crippen molar-refractivity contribution in [1.82, 2.24) is 4.90 Å². The van der Waals surface area contributed by atoms with E-state index in [0.717, 1.165) is 22.4 Å². The summed E-state index contributed by atoms with van der Waals surface area (Å²) in [6, 6.07) is 12.8. The lowest BCUT2D eigenvalue weighted by Gasteiger charge is -2.11. The standard InChI is InChI=1S/C21H21N3O3/c1-3-20(26)22-18-7-4-15(5-8-18)10-21(27)23-19-9-6-16-12-24(14(2)25)13-17(16)11-19/h3-9,11H,1,10,12-13H2,2H3,(H,22,26)(H,23,27). The van der Waals surface area contributed by atoms with E-state index in [-0.39, 0.29) is 24.1 Å². The van der Waals surface area contributed by atoms with Gasteiger partial charge in [-0.3, -0.25) is 14.4 Å². The summed E-state index contributed by atoms with van der Waals surface area (Å²) in [6.07, 6.45) is 1.43. The number of carbonyl (C=O) groups is 3. The molecular formula is C21H21N3O3. The second-order valence-corrected chi connectivity index (χ2v) is 6.47. The number of nitrogens with zero attached hydrogens (tertiary/aromatic N) is 1. The zero-order valence-electron chi connectivity index (χ0n) is 15.1. The summed E-state index contributed by atoms with van der Waals surface area (Å²) in [5.74, 6) is -0.357. The fraction of sp³-hybridized carbons (Fsp3) is 0.190. The van der Waals surface area contributed by atoms with Crippen LogP contribution in [-0.4, -0.2) is 22.6 Å². The van der Waals surface area contributed by atoms with Crippen LogP contribution in [0.4, 0.5) is 11.4 Å². The number of hydrogen-bond acceptors (Lipinski definition) is 3. The van der Waals surface area contributed by atoms with Gasteiger partial charge in [-0.05, 0) is 47.0 Å². The SMILES string of the molecule is C=CC(=O)Nc1ccc(CC(=O)Nc2ccc3c(c2)CN(C(C)=O)C3)cc1. The Morgan fingerprint density at radius 3 is 2.33 bits per heavy atom. The summed E-state index contributed by atoms with van der Waals surface area (Å²) in [4.78, 5) is 36.9. The maximum absolute atomic E-state index is 12.3. The summed E-state index contributed by atoms with van der Waals surface area (Å²) in [7, 11) is 0. The number of benzene rings is 2. The van der Waals surface area contributed by atoms with Gasteiger partial charge in [-0.25, -0.2) is 0 Å². The van der Waals surface area contributed by atoms with Crippen LogP contribution < -0.4 is 10.6 Å². The monoisotopic (exact) mass is 363 g/mol. The van der Waals surface area contributed by atoms with Gasteiger partial charge in [0.1, 0.15) is 0 Å². The van der Waals surface area contributed by atoms with Crippen LogP contribution in [0.15, 0.2) is 55.1 Å². The average Bonchev–Trinajstić information content (AvgIpc) is 3.07. The molecule has 3 amide bonds. The normalized spacial score (nSPS) is 12.3. The Morgan fingerprint density at radius 1 is 1.00 bits per heavy atom. The zero-order valence-corrected chi connectivity index (χ0v) is 15.1. The smallest absolute Gasteiger partial charge is 0.247 e. The van der Waals surface area contributed by atoms with Gasteiger partial charge in [-0.15, -0.1) is 0 Å². The van der Waals surface area contributed by atoms with Gasteiger partial charge in [0.05, 0.1) is 6.42 Å². The number of rotatable bonds is 5. The third-order valence-electron chi connectivity index (χ3n) is 4.43. The minimum atomic E-state index is -0.277. The van der Waals surface area contributed by atoms with Crippen LogP contribution in [0.1, 0.15) is 23.6 Å². The predicted molar refractivity (Wildman–Crippen MR) is 104 cm³/mol. The first-order chi connectivity index (χ1) is 12.9. The van der Waals surface area contributed by atoms with E-state index < -0.39 is 0 Å². The Bertz CT molecular complexity index is 903. The summed E-state index contributed by atoms with van der Waals surface area (Å²) < 4.78 is 0. The minimum Gasteiger partial charge on any atom is -0.334 e. The number of anilines is 2. The maximum Gasteiger partial charge on any atom is 0.247 e. The molecule has 1 heterocycles. The van der Waals surface area contributed by atoms with Crippen molar-refractivity contribution in [2.24, 2.45) is 0 Å². The molecule has 1 aliphatic rings. The Hall–Kier alpha value is -3.41. The lowest BCUT2D eigenvalue weighted by molar-refractivity contribution is -0.129. The summed E-state index contributed by atoms with van der Waals surface area (Å²) >= 11 is 0. The molecule has 0 radical (unpaired) electrons. The van der Waals surface area contributed by atoms with Crippen LogP contribution in [0.25, 0.3) is 0 Å². The average molecular weight is 363 g/mol. The highest BCUT2D eigenvalue weighted by Gasteiger charge is 2.21. The van der Waals surface area contributed by atoms with Gasteiger partial charge >= 0.3 is 0 Å². The van der Waals surface area contributed by atoms with Crippen molar-refractivity contribution in [3.63, 3.8) is 0 Å². The number of carbonyl (C=O) groups excluding carboxylic acids is 3. The molecule has 0 aromatic heterocycles. The minimum absolute atomic E-state index is 0.0458. The predicted octanol–water partition coefficient (Wildman–Crippen LogP) is 2.85. The van der Waals surface area contributed by atoms with Gasteiger partial charge in [0, 0.05) is 31.4 Å². The summed E-state index contributed by atoms with van der Waals surface area (Å²) in [6.45, 7) is 6.16. The lowest BCUT2D eigenvalue weighted by Crippen LogP contribution is -2.21. The van der Waals surface area contributed by atoms with Crippen molar-refractivity contribution in [2.45, 2.75) is 26.4 Å². The fourth-order valence-corrected chi connectivity index (χ4v) is 2.98. The molecule has 0 spiro atoms. The third-order valence-corrected chi connectivity index (χ3v) is 4.43. The molecule has 0 bridgehead atoms. The van der Waals surface area contributed by atoms with Crippen molar-refractivity contribution in [1.29, 1.82) is 0 Å². The molecule has 1 aliphatic heterocycles. The van der Waals surface area contributed by atoms with E-state index in [1.165, 1.54) is 6.08 Å². The Morgan fingerprint density at radius 2 is 1.67 bits per heavy atom. The molecule has 138 valence electrons. The van der Waals surface area contributed by atoms with Crippen molar-refractivity contribution in [2.75, 3.05) is 10.6 Å². The molecule has 2 aromatic carbocycles. The van der Waals surface area contributed by atoms with E-state index in [4.69, 9.17) is 0 Å². The highest BCUT2D eigenvalue weighted by atomic mass is 16.2. The number of fused-ring (bicyclic) bond motifs is 1. The Balaban J connectivity index is 1.59. The fourth-order valence-electron chi connectivity index (χ4n) is 2.98. The summed E-state index contributed by atoms with van der Waals surface area (Å²) in [5.41, 5.74) is 4.38. The first kappa shape index (κ1) is 18.4. The third kappa shape index (κ3) is 4.61. The van der Waals surface area contributed by atoms with Crippen molar-refractivity contribution in [3.05, 3.63) is 71.8 Å². The highest BCUT2D eigenvalue weighted by Crippen LogP contribution is 2.25. The molecule has 0 aliphatic carbocycles. The van der Waals surface area contributed by atoms with E-state index in [0.29, 0.717) is 18.8 Å². The molecular weight excluding hydrogens is 342 g/mol.